The lowest BCUT2D eigenvalue weighted by Crippen LogP contribution is -2.41. The number of benzene rings is 1. The fourth-order valence-electron chi connectivity index (χ4n) is 4.27. The van der Waals surface area contributed by atoms with E-state index in [-0.39, 0.29) is 12.0 Å². The number of aliphatic hydroxyl groups is 1. The highest BCUT2D eigenvalue weighted by molar-refractivity contribution is 7.09. The molecule has 0 fully saturated rings. The van der Waals surface area contributed by atoms with Gasteiger partial charge in [-0.05, 0) is 74.1 Å². The number of amides is 1. The van der Waals surface area contributed by atoms with Crippen molar-refractivity contribution in [3.05, 3.63) is 45.9 Å². The maximum atomic E-state index is 13.5. The molecule has 3 rings (SSSR count). The van der Waals surface area contributed by atoms with Gasteiger partial charge in [-0.25, -0.2) is 4.98 Å². The summed E-state index contributed by atoms with van der Waals surface area (Å²) in [6.07, 6.45) is 8.10. The van der Waals surface area contributed by atoms with Crippen LogP contribution in [-0.2, 0) is 11.2 Å². The number of hydrogen-bond donors (Lipinski definition) is 1. The van der Waals surface area contributed by atoms with Gasteiger partial charge in [-0.2, -0.15) is 0 Å². The SMILES string of the molecule is CCC1CCC(O)c2ccc(N(CCCCc3nccs3)C(=O)C(C)(C)CC)cc21. The molecule has 1 amide bonds. The van der Waals surface area contributed by atoms with Crippen molar-refractivity contribution in [3.8, 4) is 0 Å². The van der Waals surface area contributed by atoms with Gasteiger partial charge in [-0.1, -0.05) is 33.8 Å². The van der Waals surface area contributed by atoms with Crippen molar-refractivity contribution >= 4 is 22.9 Å². The van der Waals surface area contributed by atoms with E-state index in [2.05, 4.69) is 24.9 Å². The Morgan fingerprint density at radius 3 is 2.70 bits per heavy atom. The maximum Gasteiger partial charge on any atom is 0.232 e. The van der Waals surface area contributed by atoms with E-state index in [0.717, 1.165) is 61.2 Å². The molecule has 1 aromatic carbocycles. The molecule has 1 aromatic heterocycles. The van der Waals surface area contributed by atoms with Crippen LogP contribution < -0.4 is 4.90 Å². The predicted octanol–water partition coefficient (Wildman–Crippen LogP) is 6.26. The fraction of sp³-hybridized carbons (Fsp3) is 0.600. The van der Waals surface area contributed by atoms with Crippen molar-refractivity contribution in [1.29, 1.82) is 0 Å². The Kier molecular flexibility index (Phi) is 7.70. The number of carbonyl (C=O) groups excluding carboxylic acids is 1. The summed E-state index contributed by atoms with van der Waals surface area (Å²) in [4.78, 5) is 19.8. The van der Waals surface area contributed by atoms with Crippen LogP contribution in [0.25, 0.3) is 0 Å². The largest absolute Gasteiger partial charge is 0.388 e. The fourth-order valence-corrected chi connectivity index (χ4v) is 4.93. The van der Waals surface area contributed by atoms with Gasteiger partial charge in [0.2, 0.25) is 5.91 Å². The van der Waals surface area contributed by atoms with Crippen LogP contribution in [0.3, 0.4) is 0 Å². The highest BCUT2D eigenvalue weighted by Crippen LogP contribution is 2.41. The first-order valence-electron chi connectivity index (χ1n) is 11.4. The number of nitrogens with zero attached hydrogens (tertiary/aromatic N) is 2. The Labute approximate surface area is 185 Å². The molecule has 0 saturated heterocycles. The molecular weight excluding hydrogens is 392 g/mol. The van der Waals surface area contributed by atoms with E-state index in [4.69, 9.17) is 0 Å². The molecule has 1 N–H and O–H groups in total. The predicted molar refractivity (Wildman–Crippen MR) is 125 cm³/mol. The number of anilines is 1. The van der Waals surface area contributed by atoms with Crippen molar-refractivity contribution < 1.29 is 9.90 Å². The summed E-state index contributed by atoms with van der Waals surface area (Å²) in [6.45, 7) is 9.07. The first-order chi connectivity index (χ1) is 14.4. The van der Waals surface area contributed by atoms with Gasteiger partial charge in [0.05, 0.1) is 11.1 Å². The molecule has 0 radical (unpaired) electrons. The quantitative estimate of drug-likeness (QED) is 0.480. The minimum absolute atomic E-state index is 0.184. The number of rotatable bonds is 9. The second kappa shape index (κ2) is 10.1. The summed E-state index contributed by atoms with van der Waals surface area (Å²) in [5, 5.41) is 13.6. The minimum atomic E-state index is -0.394. The Bertz CT molecular complexity index is 832. The van der Waals surface area contributed by atoms with E-state index in [0.29, 0.717) is 12.5 Å². The van der Waals surface area contributed by atoms with Crippen molar-refractivity contribution in [2.45, 2.75) is 84.7 Å². The highest BCUT2D eigenvalue weighted by Gasteiger charge is 2.32. The van der Waals surface area contributed by atoms with Gasteiger partial charge in [0, 0.05) is 29.2 Å². The number of aryl methyl sites for hydroxylation is 1. The molecule has 30 heavy (non-hydrogen) atoms. The first kappa shape index (κ1) is 23.0. The Morgan fingerprint density at radius 2 is 2.03 bits per heavy atom. The standard InChI is InChI=1S/C25H36N2O2S/c1-5-18-10-13-22(28)20-12-11-19(17-21(18)20)27(24(29)25(3,4)6-2)15-8-7-9-23-26-14-16-30-23/h11-12,14,16-18,22,28H,5-10,13,15H2,1-4H3. The number of aromatic nitrogens is 1. The van der Waals surface area contributed by atoms with Gasteiger partial charge in [-0.3, -0.25) is 4.79 Å². The number of thiazole rings is 1. The molecule has 2 aromatic rings. The lowest BCUT2D eigenvalue weighted by molar-refractivity contribution is -0.126. The minimum Gasteiger partial charge on any atom is -0.388 e. The second-order valence-corrected chi connectivity index (χ2v) is 10.1. The van der Waals surface area contributed by atoms with Gasteiger partial charge in [-0.15, -0.1) is 11.3 Å². The zero-order valence-electron chi connectivity index (χ0n) is 18.9. The smallest absolute Gasteiger partial charge is 0.232 e. The molecule has 0 spiro atoms. The van der Waals surface area contributed by atoms with Gasteiger partial charge in [0.15, 0.2) is 0 Å². The maximum absolute atomic E-state index is 13.5. The number of carbonyl (C=O) groups is 1. The van der Waals surface area contributed by atoms with Gasteiger partial charge < -0.3 is 10.0 Å². The van der Waals surface area contributed by atoms with Gasteiger partial charge >= 0.3 is 0 Å². The number of fused-ring (bicyclic) bond motifs is 1. The average Bonchev–Trinajstić information content (AvgIpc) is 3.27. The molecule has 1 aliphatic carbocycles. The lowest BCUT2D eigenvalue weighted by atomic mass is 9.79. The van der Waals surface area contributed by atoms with Gasteiger partial charge in [0.1, 0.15) is 0 Å². The van der Waals surface area contributed by atoms with E-state index in [1.807, 2.05) is 42.5 Å². The summed E-state index contributed by atoms with van der Waals surface area (Å²) in [6, 6.07) is 6.26. The zero-order valence-corrected chi connectivity index (χ0v) is 19.7. The van der Waals surface area contributed by atoms with E-state index in [1.165, 1.54) is 5.56 Å². The lowest BCUT2D eigenvalue weighted by Gasteiger charge is -2.34. The van der Waals surface area contributed by atoms with Crippen LogP contribution in [-0.4, -0.2) is 22.5 Å². The third kappa shape index (κ3) is 5.12. The Morgan fingerprint density at radius 1 is 1.23 bits per heavy atom. The molecular formula is C25H36N2O2S. The highest BCUT2D eigenvalue weighted by atomic mass is 32.1. The molecule has 1 aliphatic rings. The van der Waals surface area contributed by atoms with E-state index in [9.17, 15) is 9.90 Å². The molecule has 164 valence electrons. The zero-order chi connectivity index (χ0) is 21.7. The Hall–Kier alpha value is -1.72. The average molecular weight is 429 g/mol. The molecule has 5 heteroatoms. The summed E-state index contributed by atoms with van der Waals surface area (Å²) >= 11 is 1.70. The van der Waals surface area contributed by atoms with E-state index >= 15 is 0 Å². The monoisotopic (exact) mass is 428 g/mol. The number of aliphatic hydroxyl groups excluding tert-OH is 1. The Balaban J connectivity index is 1.83. The summed E-state index contributed by atoms with van der Waals surface area (Å²) in [5.41, 5.74) is 2.85. The second-order valence-electron chi connectivity index (χ2n) is 9.09. The van der Waals surface area contributed by atoms with Crippen LogP contribution in [0.2, 0.25) is 0 Å². The van der Waals surface area contributed by atoms with Crippen LogP contribution in [0.1, 0.15) is 94.4 Å². The molecule has 0 bridgehead atoms. The molecule has 0 saturated carbocycles. The van der Waals surface area contributed by atoms with Crippen molar-refractivity contribution in [1.82, 2.24) is 4.98 Å². The van der Waals surface area contributed by atoms with Crippen molar-refractivity contribution in [2.24, 2.45) is 5.41 Å². The van der Waals surface area contributed by atoms with Crippen LogP contribution in [0.15, 0.2) is 29.8 Å². The molecule has 1 heterocycles. The van der Waals surface area contributed by atoms with Crippen molar-refractivity contribution in [3.63, 3.8) is 0 Å². The topological polar surface area (TPSA) is 53.4 Å². The molecule has 2 atom stereocenters. The summed E-state index contributed by atoms with van der Waals surface area (Å²) in [5.74, 6) is 0.646. The van der Waals surface area contributed by atoms with E-state index in [1.54, 1.807) is 11.3 Å². The number of hydrogen-bond acceptors (Lipinski definition) is 4. The summed E-state index contributed by atoms with van der Waals surface area (Å²) in [7, 11) is 0. The number of unbranched alkanes of at least 4 members (excludes halogenated alkanes) is 1. The summed E-state index contributed by atoms with van der Waals surface area (Å²) < 4.78 is 0. The normalized spacial score (nSPS) is 18.8. The van der Waals surface area contributed by atoms with Crippen LogP contribution in [0.4, 0.5) is 5.69 Å². The van der Waals surface area contributed by atoms with Crippen LogP contribution >= 0.6 is 11.3 Å². The van der Waals surface area contributed by atoms with Crippen molar-refractivity contribution in [2.75, 3.05) is 11.4 Å². The molecule has 2 unspecified atom stereocenters. The molecule has 0 aliphatic heterocycles. The van der Waals surface area contributed by atoms with E-state index < -0.39 is 5.41 Å². The first-order valence-corrected chi connectivity index (χ1v) is 12.3. The third-order valence-electron chi connectivity index (χ3n) is 6.68. The third-order valence-corrected chi connectivity index (χ3v) is 7.52. The molecule has 4 nitrogen and oxygen atoms in total. The van der Waals surface area contributed by atoms with Gasteiger partial charge in [0.25, 0.3) is 0 Å². The van der Waals surface area contributed by atoms with Crippen LogP contribution in [0.5, 0.6) is 0 Å². The van der Waals surface area contributed by atoms with Crippen LogP contribution in [0, 0.1) is 5.41 Å².